The molecule has 0 saturated carbocycles. The molecule has 0 aliphatic rings. The van der Waals surface area contributed by atoms with Crippen LogP contribution in [0, 0.1) is 0 Å². The van der Waals surface area contributed by atoms with E-state index in [0.29, 0.717) is 0 Å². The Morgan fingerprint density at radius 1 is 1.19 bits per heavy atom. The fourth-order valence-electron chi connectivity index (χ4n) is 1.31. The number of rotatable bonds is 3. The Morgan fingerprint density at radius 2 is 1.88 bits per heavy atom. The van der Waals surface area contributed by atoms with Gasteiger partial charge >= 0.3 is 0 Å². The molecular weight excluding hydrogens is 220 g/mol. The van der Waals surface area contributed by atoms with Crippen molar-refractivity contribution in [3.05, 3.63) is 48.5 Å². The Labute approximate surface area is 97.9 Å². The molecule has 0 fully saturated rings. The minimum Gasteiger partial charge on any atom is -0.294 e. The first kappa shape index (κ1) is 10.8. The molecule has 0 unspecified atom stereocenters. The second-order valence-corrected chi connectivity index (χ2v) is 4.34. The first-order valence-electron chi connectivity index (χ1n) is 4.80. The molecule has 16 heavy (non-hydrogen) atoms. The van der Waals surface area contributed by atoms with E-state index < -0.39 is 0 Å². The van der Waals surface area contributed by atoms with E-state index >= 15 is 0 Å². The lowest BCUT2D eigenvalue weighted by atomic mass is 10.1. The number of nitrogens with zero attached hydrogens (tertiary/aromatic N) is 2. The molecule has 0 amide bonds. The van der Waals surface area contributed by atoms with Crippen molar-refractivity contribution in [3.8, 4) is 0 Å². The molecule has 0 atom stereocenters. The lowest BCUT2D eigenvalue weighted by molar-refractivity contribution is 0.101. The number of ketones is 1. The monoisotopic (exact) mass is 230 g/mol. The molecule has 0 aliphatic carbocycles. The Morgan fingerprint density at radius 3 is 2.56 bits per heavy atom. The van der Waals surface area contributed by atoms with E-state index in [0.717, 1.165) is 15.4 Å². The predicted molar refractivity (Wildman–Crippen MR) is 62.6 cm³/mol. The van der Waals surface area contributed by atoms with Crippen molar-refractivity contribution in [2.75, 3.05) is 0 Å². The second-order valence-electron chi connectivity index (χ2n) is 3.23. The highest BCUT2D eigenvalue weighted by Crippen LogP contribution is 2.29. The van der Waals surface area contributed by atoms with E-state index in [-0.39, 0.29) is 5.78 Å². The fraction of sp³-hybridized carbons (Fsp3) is 0.0833. The van der Waals surface area contributed by atoms with E-state index in [4.69, 9.17) is 0 Å². The first-order chi connectivity index (χ1) is 7.77. The summed E-state index contributed by atoms with van der Waals surface area (Å²) in [5, 5.41) is 0. The molecule has 1 heterocycles. The summed E-state index contributed by atoms with van der Waals surface area (Å²) in [6, 6.07) is 7.53. The van der Waals surface area contributed by atoms with Crippen molar-refractivity contribution < 1.29 is 4.79 Å². The largest absolute Gasteiger partial charge is 0.294 e. The molecule has 3 nitrogen and oxygen atoms in total. The zero-order valence-electron chi connectivity index (χ0n) is 8.75. The quantitative estimate of drug-likeness (QED) is 0.760. The third-order valence-electron chi connectivity index (χ3n) is 2.03. The maximum absolute atomic E-state index is 11.4. The molecule has 4 heteroatoms. The normalized spacial score (nSPS) is 10.1. The van der Waals surface area contributed by atoms with E-state index in [2.05, 4.69) is 9.97 Å². The first-order valence-corrected chi connectivity index (χ1v) is 5.62. The standard InChI is InChI=1S/C12H10N2OS/c1-9(15)11-4-2-3-5-12(11)16-10-6-13-8-14-7-10/h2-8H,1H3. The summed E-state index contributed by atoms with van der Waals surface area (Å²) in [6.07, 6.45) is 4.95. The summed E-state index contributed by atoms with van der Waals surface area (Å²) in [4.78, 5) is 21.2. The van der Waals surface area contributed by atoms with Gasteiger partial charge in [0.25, 0.3) is 0 Å². The maximum Gasteiger partial charge on any atom is 0.160 e. The number of Topliss-reactive ketones (excluding diaryl/α,β-unsaturated/α-hetero) is 1. The third kappa shape index (κ3) is 2.46. The number of carbonyl (C=O) groups is 1. The smallest absolute Gasteiger partial charge is 0.160 e. The Bertz CT molecular complexity index is 499. The van der Waals surface area contributed by atoms with Crippen LogP contribution in [-0.4, -0.2) is 15.8 Å². The van der Waals surface area contributed by atoms with Crippen molar-refractivity contribution in [2.24, 2.45) is 0 Å². The van der Waals surface area contributed by atoms with Gasteiger partial charge in [-0.2, -0.15) is 0 Å². The van der Waals surface area contributed by atoms with E-state index in [9.17, 15) is 4.79 Å². The molecule has 1 aromatic heterocycles. The molecule has 0 N–H and O–H groups in total. The molecule has 0 aliphatic heterocycles. The van der Waals surface area contributed by atoms with Gasteiger partial charge in [0.2, 0.25) is 0 Å². The van der Waals surface area contributed by atoms with Crippen molar-refractivity contribution in [2.45, 2.75) is 16.7 Å². The van der Waals surface area contributed by atoms with Crippen molar-refractivity contribution in [1.29, 1.82) is 0 Å². The lowest BCUT2D eigenvalue weighted by Crippen LogP contribution is -1.94. The average molecular weight is 230 g/mol. The van der Waals surface area contributed by atoms with Gasteiger partial charge in [0.05, 0.1) is 0 Å². The van der Waals surface area contributed by atoms with Crippen LogP contribution in [0.25, 0.3) is 0 Å². The van der Waals surface area contributed by atoms with E-state index in [1.807, 2.05) is 24.3 Å². The highest BCUT2D eigenvalue weighted by atomic mass is 32.2. The lowest BCUT2D eigenvalue weighted by Gasteiger charge is -2.05. The Hall–Kier alpha value is -1.68. The number of aromatic nitrogens is 2. The van der Waals surface area contributed by atoms with Gasteiger partial charge in [0, 0.05) is 27.7 Å². The summed E-state index contributed by atoms with van der Waals surface area (Å²) in [7, 11) is 0. The molecule has 2 aromatic rings. The molecule has 0 radical (unpaired) electrons. The number of benzene rings is 1. The van der Waals surface area contributed by atoms with Crippen LogP contribution in [-0.2, 0) is 0 Å². The third-order valence-corrected chi connectivity index (χ3v) is 3.05. The topological polar surface area (TPSA) is 42.9 Å². The van der Waals surface area contributed by atoms with Crippen LogP contribution in [0.2, 0.25) is 0 Å². The van der Waals surface area contributed by atoms with Crippen molar-refractivity contribution in [1.82, 2.24) is 9.97 Å². The van der Waals surface area contributed by atoms with Crippen LogP contribution in [0.5, 0.6) is 0 Å². The van der Waals surface area contributed by atoms with Crippen LogP contribution in [0.4, 0.5) is 0 Å². The maximum atomic E-state index is 11.4. The van der Waals surface area contributed by atoms with Gasteiger partial charge in [0.1, 0.15) is 6.33 Å². The number of hydrogen-bond acceptors (Lipinski definition) is 4. The molecule has 0 spiro atoms. The molecule has 2 rings (SSSR count). The average Bonchev–Trinajstić information content (AvgIpc) is 2.31. The number of hydrogen-bond donors (Lipinski definition) is 0. The summed E-state index contributed by atoms with van der Waals surface area (Å²) in [5.74, 6) is 0.0694. The molecule has 1 aromatic carbocycles. The zero-order valence-corrected chi connectivity index (χ0v) is 9.57. The summed E-state index contributed by atoms with van der Waals surface area (Å²) in [6.45, 7) is 1.57. The molecule has 0 bridgehead atoms. The SMILES string of the molecule is CC(=O)c1ccccc1Sc1cncnc1. The van der Waals surface area contributed by atoms with Gasteiger partial charge in [-0.25, -0.2) is 9.97 Å². The van der Waals surface area contributed by atoms with E-state index in [1.165, 1.54) is 18.1 Å². The fourth-order valence-corrected chi connectivity index (χ4v) is 2.26. The minimum atomic E-state index is 0.0694. The predicted octanol–water partition coefficient (Wildman–Crippen LogP) is 2.83. The molecule has 0 saturated heterocycles. The van der Waals surface area contributed by atoms with Crippen LogP contribution in [0.15, 0.2) is 52.8 Å². The van der Waals surface area contributed by atoms with Gasteiger partial charge in [-0.15, -0.1) is 0 Å². The minimum absolute atomic E-state index is 0.0694. The summed E-state index contributed by atoms with van der Waals surface area (Å²) in [5.41, 5.74) is 0.733. The highest BCUT2D eigenvalue weighted by Gasteiger charge is 2.07. The van der Waals surface area contributed by atoms with Crippen LogP contribution < -0.4 is 0 Å². The van der Waals surface area contributed by atoms with Gasteiger partial charge in [-0.3, -0.25) is 4.79 Å². The molecule has 80 valence electrons. The second kappa shape index (κ2) is 4.90. The highest BCUT2D eigenvalue weighted by molar-refractivity contribution is 7.99. The van der Waals surface area contributed by atoms with Crippen molar-refractivity contribution >= 4 is 17.5 Å². The summed E-state index contributed by atoms with van der Waals surface area (Å²) >= 11 is 1.50. The van der Waals surface area contributed by atoms with Gasteiger partial charge in [-0.1, -0.05) is 30.0 Å². The van der Waals surface area contributed by atoms with Crippen molar-refractivity contribution in [3.63, 3.8) is 0 Å². The zero-order chi connectivity index (χ0) is 11.4. The van der Waals surface area contributed by atoms with E-state index in [1.54, 1.807) is 19.3 Å². The molecular formula is C12H10N2OS. The van der Waals surface area contributed by atoms with Gasteiger partial charge < -0.3 is 0 Å². The Balaban J connectivity index is 2.31. The van der Waals surface area contributed by atoms with Crippen LogP contribution >= 0.6 is 11.8 Å². The van der Waals surface area contributed by atoms with Gasteiger partial charge in [0.15, 0.2) is 5.78 Å². The van der Waals surface area contributed by atoms with Crippen LogP contribution in [0.3, 0.4) is 0 Å². The van der Waals surface area contributed by atoms with Gasteiger partial charge in [-0.05, 0) is 13.0 Å². The summed E-state index contributed by atoms with van der Waals surface area (Å²) < 4.78 is 0. The van der Waals surface area contributed by atoms with Crippen LogP contribution in [0.1, 0.15) is 17.3 Å². The number of carbonyl (C=O) groups excluding carboxylic acids is 1. The Kier molecular flexibility index (Phi) is 3.31.